The second kappa shape index (κ2) is 8.26. The Labute approximate surface area is 192 Å². The summed E-state index contributed by atoms with van der Waals surface area (Å²) in [6, 6.07) is 5.78. The van der Waals surface area contributed by atoms with Gasteiger partial charge in [-0.3, -0.25) is 14.4 Å². The van der Waals surface area contributed by atoms with Crippen LogP contribution in [0.1, 0.15) is 33.1 Å². The maximum atomic E-state index is 13.8. The van der Waals surface area contributed by atoms with Gasteiger partial charge in [0, 0.05) is 17.5 Å². The van der Waals surface area contributed by atoms with Gasteiger partial charge >= 0.3 is 0 Å². The molecule has 0 aliphatic carbocycles. The lowest BCUT2D eigenvalue weighted by atomic mass is 9.66. The number of methoxy groups -OCH3 is 1. The predicted molar refractivity (Wildman–Crippen MR) is 122 cm³/mol. The number of thioether (sulfide) groups is 1. The number of nitrogens with zero attached hydrogens (tertiary/aromatic N) is 1. The zero-order valence-electron chi connectivity index (χ0n) is 18.9. The van der Waals surface area contributed by atoms with Crippen LogP contribution >= 0.6 is 11.8 Å². The van der Waals surface area contributed by atoms with E-state index in [2.05, 4.69) is 10.6 Å². The van der Waals surface area contributed by atoms with Crippen molar-refractivity contribution < 1.29 is 24.2 Å². The Morgan fingerprint density at radius 1 is 1.28 bits per heavy atom. The number of ether oxygens (including phenoxy) is 1. The third-order valence-corrected chi connectivity index (χ3v) is 9.41. The fourth-order valence-electron chi connectivity index (χ4n) is 5.91. The SMILES string of the molecule is CC[C@@H](CO)N1C(=O)[C@@H]2[C@H](C(=O)NC)[C@]3(C)CCC2(S3)C1C(=O)Nc1ccc(OC)cc1. The van der Waals surface area contributed by atoms with Gasteiger partial charge in [-0.25, -0.2) is 0 Å². The van der Waals surface area contributed by atoms with E-state index in [9.17, 15) is 19.5 Å². The molecule has 0 radical (unpaired) electrons. The van der Waals surface area contributed by atoms with Gasteiger partial charge in [0.15, 0.2) is 0 Å². The third kappa shape index (κ3) is 3.20. The molecule has 3 aliphatic rings. The first kappa shape index (κ1) is 22.9. The molecule has 3 heterocycles. The van der Waals surface area contributed by atoms with Crippen molar-refractivity contribution in [3.05, 3.63) is 24.3 Å². The molecule has 3 saturated heterocycles. The zero-order valence-corrected chi connectivity index (χ0v) is 19.7. The molecule has 1 spiro atoms. The van der Waals surface area contributed by atoms with Crippen LogP contribution in [0.15, 0.2) is 24.3 Å². The predicted octanol–water partition coefficient (Wildman–Crippen LogP) is 1.63. The summed E-state index contributed by atoms with van der Waals surface area (Å²) >= 11 is 1.62. The molecule has 1 aromatic rings. The van der Waals surface area contributed by atoms with Crippen LogP contribution in [0.25, 0.3) is 0 Å². The molecule has 2 bridgehead atoms. The van der Waals surface area contributed by atoms with E-state index in [1.54, 1.807) is 55.1 Å². The van der Waals surface area contributed by atoms with Crippen LogP contribution in [0.3, 0.4) is 0 Å². The number of hydrogen-bond acceptors (Lipinski definition) is 6. The Hall–Kier alpha value is -2.26. The molecule has 32 heavy (non-hydrogen) atoms. The first-order valence-electron chi connectivity index (χ1n) is 11.1. The second-order valence-electron chi connectivity index (χ2n) is 9.05. The van der Waals surface area contributed by atoms with E-state index in [-0.39, 0.29) is 24.3 Å². The number of benzene rings is 1. The minimum atomic E-state index is -0.763. The summed E-state index contributed by atoms with van der Waals surface area (Å²) in [5, 5.41) is 15.7. The standard InChI is InChI=1S/C23H31N3O5S/c1-5-14(12-27)26-18(20(29)25-13-6-8-15(31-4)9-7-13)23-11-10-22(2,32-23)16(19(28)24-3)17(23)21(26)30/h6-9,14,16-18,27H,5,10-12H2,1-4H3,(H,24,28)(H,25,29)/t14-,16+,17-,18?,22-,23?/m0/s1. The number of aliphatic hydroxyl groups is 1. The van der Waals surface area contributed by atoms with Crippen molar-refractivity contribution in [1.29, 1.82) is 0 Å². The Kier molecular flexibility index (Phi) is 5.92. The molecule has 2 unspecified atom stereocenters. The number of carbonyl (C=O) groups excluding carboxylic acids is 3. The van der Waals surface area contributed by atoms with Crippen molar-refractivity contribution in [2.24, 2.45) is 11.8 Å². The summed E-state index contributed by atoms with van der Waals surface area (Å²) in [6.07, 6.45) is 1.96. The van der Waals surface area contributed by atoms with Gasteiger partial charge < -0.3 is 25.4 Å². The number of rotatable bonds is 7. The maximum Gasteiger partial charge on any atom is 0.248 e. The van der Waals surface area contributed by atoms with Gasteiger partial charge in [-0.05, 0) is 50.5 Å². The molecule has 9 heteroatoms. The van der Waals surface area contributed by atoms with Crippen molar-refractivity contribution in [2.45, 2.75) is 54.7 Å². The van der Waals surface area contributed by atoms with Crippen LogP contribution in [-0.4, -0.2) is 70.1 Å². The van der Waals surface area contributed by atoms with Crippen molar-refractivity contribution in [3.8, 4) is 5.75 Å². The lowest BCUT2D eigenvalue weighted by Gasteiger charge is -2.36. The highest BCUT2D eigenvalue weighted by molar-refractivity contribution is 8.02. The average molecular weight is 462 g/mol. The van der Waals surface area contributed by atoms with Gasteiger partial charge in [0.25, 0.3) is 0 Å². The summed E-state index contributed by atoms with van der Waals surface area (Å²) < 4.78 is 4.09. The van der Waals surface area contributed by atoms with Crippen molar-refractivity contribution >= 4 is 35.2 Å². The number of nitrogens with one attached hydrogen (secondary N) is 2. The molecule has 8 nitrogen and oxygen atoms in total. The molecular weight excluding hydrogens is 430 g/mol. The molecule has 3 fully saturated rings. The number of fused-ring (bicyclic) bond motifs is 1. The van der Waals surface area contributed by atoms with Crippen LogP contribution in [-0.2, 0) is 14.4 Å². The third-order valence-electron chi connectivity index (χ3n) is 7.42. The fourth-order valence-corrected chi connectivity index (χ4v) is 8.25. The van der Waals surface area contributed by atoms with Crippen LogP contribution in [0.5, 0.6) is 5.75 Å². The van der Waals surface area contributed by atoms with Gasteiger partial charge in [-0.2, -0.15) is 0 Å². The molecule has 3 amide bonds. The molecular formula is C23H31N3O5S. The Morgan fingerprint density at radius 2 is 1.97 bits per heavy atom. The Morgan fingerprint density at radius 3 is 2.53 bits per heavy atom. The van der Waals surface area contributed by atoms with Crippen LogP contribution in [0.2, 0.25) is 0 Å². The number of aliphatic hydroxyl groups excluding tert-OH is 1. The van der Waals surface area contributed by atoms with Crippen molar-refractivity contribution in [1.82, 2.24) is 10.2 Å². The van der Waals surface area contributed by atoms with E-state index in [1.807, 2.05) is 13.8 Å². The number of anilines is 1. The van der Waals surface area contributed by atoms with Crippen LogP contribution in [0, 0.1) is 11.8 Å². The van der Waals surface area contributed by atoms with E-state index in [4.69, 9.17) is 4.74 Å². The minimum absolute atomic E-state index is 0.159. The molecule has 0 saturated carbocycles. The molecule has 6 atom stereocenters. The van der Waals surface area contributed by atoms with E-state index >= 15 is 0 Å². The van der Waals surface area contributed by atoms with Crippen LogP contribution < -0.4 is 15.4 Å². The number of amides is 3. The maximum absolute atomic E-state index is 13.8. The molecule has 3 N–H and O–H groups in total. The van der Waals surface area contributed by atoms with E-state index in [0.29, 0.717) is 24.3 Å². The molecule has 3 aliphatic heterocycles. The van der Waals surface area contributed by atoms with Crippen molar-refractivity contribution in [3.63, 3.8) is 0 Å². The quantitative estimate of drug-likeness (QED) is 0.570. The number of carbonyl (C=O) groups is 3. The zero-order chi connectivity index (χ0) is 23.3. The average Bonchev–Trinajstić information content (AvgIpc) is 3.36. The molecule has 1 aromatic carbocycles. The summed E-state index contributed by atoms with van der Waals surface area (Å²) in [5.41, 5.74) is 0.603. The van der Waals surface area contributed by atoms with Gasteiger partial charge in [-0.1, -0.05) is 6.92 Å². The Bertz CT molecular complexity index is 921. The van der Waals surface area contributed by atoms with Crippen molar-refractivity contribution in [2.75, 3.05) is 26.1 Å². The van der Waals surface area contributed by atoms with E-state index in [0.717, 1.165) is 6.42 Å². The van der Waals surface area contributed by atoms with Gasteiger partial charge in [0.1, 0.15) is 11.8 Å². The number of hydrogen-bond donors (Lipinski definition) is 3. The molecule has 0 aromatic heterocycles. The topological polar surface area (TPSA) is 108 Å². The highest BCUT2D eigenvalue weighted by atomic mass is 32.2. The monoisotopic (exact) mass is 461 g/mol. The Balaban J connectivity index is 1.74. The van der Waals surface area contributed by atoms with Gasteiger partial charge in [0.05, 0.1) is 36.3 Å². The highest BCUT2D eigenvalue weighted by Crippen LogP contribution is 2.71. The largest absolute Gasteiger partial charge is 0.497 e. The first-order chi connectivity index (χ1) is 15.3. The fraction of sp³-hybridized carbons (Fsp3) is 0.609. The molecule has 174 valence electrons. The smallest absolute Gasteiger partial charge is 0.248 e. The highest BCUT2D eigenvalue weighted by Gasteiger charge is 2.77. The summed E-state index contributed by atoms with van der Waals surface area (Å²) in [7, 11) is 3.16. The summed E-state index contributed by atoms with van der Waals surface area (Å²) in [6.45, 7) is 3.69. The van der Waals surface area contributed by atoms with Crippen LogP contribution in [0.4, 0.5) is 5.69 Å². The first-order valence-corrected chi connectivity index (χ1v) is 11.9. The minimum Gasteiger partial charge on any atom is -0.497 e. The number of likely N-dealkylation sites (tertiary alicyclic amines) is 1. The lowest BCUT2D eigenvalue weighted by Crippen LogP contribution is -2.54. The second-order valence-corrected chi connectivity index (χ2v) is 10.9. The lowest BCUT2D eigenvalue weighted by molar-refractivity contribution is -0.142. The summed E-state index contributed by atoms with van der Waals surface area (Å²) in [5.74, 6) is -1.06. The molecule has 4 rings (SSSR count). The van der Waals surface area contributed by atoms with Gasteiger partial charge in [0.2, 0.25) is 17.7 Å². The summed E-state index contributed by atoms with van der Waals surface area (Å²) in [4.78, 5) is 41.9. The normalized spacial score (nSPS) is 33.7. The van der Waals surface area contributed by atoms with E-state index in [1.165, 1.54) is 0 Å². The van der Waals surface area contributed by atoms with E-state index < -0.39 is 33.4 Å². The van der Waals surface area contributed by atoms with Gasteiger partial charge in [-0.15, -0.1) is 11.8 Å².